The maximum Gasteiger partial charge on any atom is 0.267 e. The molecule has 3 nitrogen and oxygen atoms in total. The minimum atomic E-state index is -0.278. The number of nitrogens with one attached hydrogen (secondary N) is 1. The molecule has 0 radical (unpaired) electrons. The van der Waals surface area contributed by atoms with Crippen molar-refractivity contribution in [3.8, 4) is 0 Å². The van der Waals surface area contributed by atoms with Crippen LogP contribution in [-0.2, 0) is 13.0 Å². The van der Waals surface area contributed by atoms with Gasteiger partial charge in [-0.25, -0.2) is 4.39 Å². The number of carbonyl (C=O) groups excluding carboxylic acids is 1. The number of aromatic nitrogens is 1. The van der Waals surface area contributed by atoms with Crippen molar-refractivity contribution < 1.29 is 9.18 Å². The number of benzene rings is 2. The Morgan fingerprint density at radius 2 is 1.89 bits per heavy atom. The van der Waals surface area contributed by atoms with E-state index in [0.717, 1.165) is 27.8 Å². The summed E-state index contributed by atoms with van der Waals surface area (Å²) in [6, 6.07) is 18.0. The van der Waals surface area contributed by atoms with Gasteiger partial charge >= 0.3 is 0 Å². The van der Waals surface area contributed by atoms with Gasteiger partial charge in [0.15, 0.2) is 0 Å². The number of fused-ring (bicyclic) bond motifs is 1. The number of carbonyl (C=O) groups is 1. The van der Waals surface area contributed by atoms with Crippen LogP contribution in [0.4, 0.5) is 4.39 Å². The molecule has 6 heteroatoms. The second kappa shape index (κ2) is 8.17. The number of halogens is 2. The van der Waals surface area contributed by atoms with Gasteiger partial charge in [0, 0.05) is 18.1 Å². The van der Waals surface area contributed by atoms with Crippen LogP contribution >= 0.6 is 22.9 Å². The van der Waals surface area contributed by atoms with Crippen LogP contribution in [0.2, 0.25) is 5.02 Å². The van der Waals surface area contributed by atoms with Crippen LogP contribution in [-0.4, -0.2) is 17.0 Å². The van der Waals surface area contributed by atoms with Crippen LogP contribution in [0.3, 0.4) is 0 Å². The zero-order valence-corrected chi connectivity index (χ0v) is 16.6. The lowest BCUT2D eigenvalue weighted by Gasteiger charge is -2.11. The highest BCUT2D eigenvalue weighted by Crippen LogP contribution is 2.26. The van der Waals surface area contributed by atoms with Crippen LogP contribution in [0.15, 0.2) is 66.0 Å². The van der Waals surface area contributed by atoms with Gasteiger partial charge in [0.2, 0.25) is 0 Å². The predicted molar refractivity (Wildman–Crippen MR) is 113 cm³/mol. The topological polar surface area (TPSA) is 34.0 Å². The second-order valence-corrected chi connectivity index (χ2v) is 7.93. The van der Waals surface area contributed by atoms with Crippen molar-refractivity contribution in [1.29, 1.82) is 0 Å². The molecule has 4 aromatic rings. The second-order valence-electron chi connectivity index (χ2n) is 6.55. The summed E-state index contributed by atoms with van der Waals surface area (Å²) in [5.74, 6) is -0.408. The monoisotopic (exact) mass is 412 g/mol. The molecule has 0 aliphatic rings. The Bertz CT molecular complexity index is 1120. The Balaban J connectivity index is 1.51. The van der Waals surface area contributed by atoms with Crippen molar-refractivity contribution >= 4 is 39.1 Å². The number of hydrogen-bond donors (Lipinski definition) is 1. The van der Waals surface area contributed by atoms with Crippen molar-refractivity contribution in [3.63, 3.8) is 0 Å². The van der Waals surface area contributed by atoms with Gasteiger partial charge in [-0.3, -0.25) is 4.79 Å². The molecule has 1 amide bonds. The van der Waals surface area contributed by atoms with Gasteiger partial charge in [0.25, 0.3) is 5.91 Å². The standard InChI is InChI=1S/C22H18ClFN2OS/c23-17-6-4-15(5-7-17)8-10-25-22(27)20-13-21-19(9-11-28-21)26(20)14-16-2-1-3-18(24)12-16/h1-7,9,11-13H,8,10,14H2,(H,25,27). The number of amides is 1. The van der Waals surface area contributed by atoms with Gasteiger partial charge in [-0.05, 0) is 59.3 Å². The van der Waals surface area contributed by atoms with E-state index in [0.29, 0.717) is 23.8 Å². The molecule has 28 heavy (non-hydrogen) atoms. The maximum atomic E-state index is 13.6. The van der Waals surface area contributed by atoms with Crippen LogP contribution < -0.4 is 5.32 Å². The molecule has 2 heterocycles. The molecule has 4 rings (SSSR count). The summed E-state index contributed by atoms with van der Waals surface area (Å²) >= 11 is 7.49. The average Bonchev–Trinajstić information content (AvgIpc) is 3.26. The third kappa shape index (κ3) is 4.11. The van der Waals surface area contributed by atoms with Gasteiger partial charge in [0.05, 0.1) is 10.2 Å². The van der Waals surface area contributed by atoms with E-state index < -0.39 is 0 Å². The van der Waals surface area contributed by atoms with Crippen molar-refractivity contribution in [1.82, 2.24) is 9.88 Å². The first kappa shape index (κ1) is 18.7. The first-order valence-corrected chi connectivity index (χ1v) is 10.2. The van der Waals surface area contributed by atoms with Gasteiger partial charge in [-0.2, -0.15) is 0 Å². The van der Waals surface area contributed by atoms with Gasteiger partial charge in [-0.15, -0.1) is 11.3 Å². The Morgan fingerprint density at radius 3 is 2.68 bits per heavy atom. The summed E-state index contributed by atoms with van der Waals surface area (Å²) in [5, 5.41) is 5.68. The average molecular weight is 413 g/mol. The fourth-order valence-corrected chi connectivity index (χ4v) is 4.16. The Labute approximate surface area is 171 Å². The minimum absolute atomic E-state index is 0.131. The third-order valence-electron chi connectivity index (χ3n) is 4.60. The van der Waals surface area contributed by atoms with E-state index in [1.54, 1.807) is 17.4 Å². The van der Waals surface area contributed by atoms with E-state index in [9.17, 15) is 9.18 Å². The lowest BCUT2D eigenvalue weighted by Crippen LogP contribution is -2.28. The van der Waals surface area contributed by atoms with E-state index in [1.807, 2.05) is 52.4 Å². The largest absolute Gasteiger partial charge is 0.350 e. The summed E-state index contributed by atoms with van der Waals surface area (Å²) in [6.45, 7) is 0.969. The van der Waals surface area contributed by atoms with Gasteiger partial charge < -0.3 is 9.88 Å². The fraction of sp³-hybridized carbons (Fsp3) is 0.136. The number of thiophene rings is 1. The Morgan fingerprint density at radius 1 is 1.07 bits per heavy atom. The van der Waals surface area contributed by atoms with Crippen molar-refractivity contribution in [2.45, 2.75) is 13.0 Å². The fourth-order valence-electron chi connectivity index (χ4n) is 3.22. The van der Waals surface area contributed by atoms with Gasteiger partial charge in [-0.1, -0.05) is 35.9 Å². The lowest BCUT2D eigenvalue weighted by molar-refractivity contribution is 0.0946. The van der Waals surface area contributed by atoms with Crippen LogP contribution in [0.1, 0.15) is 21.6 Å². The molecule has 0 fully saturated rings. The SMILES string of the molecule is O=C(NCCc1ccc(Cl)cc1)c1cc2sccc2n1Cc1cccc(F)c1. The van der Waals surface area contributed by atoms with E-state index in [2.05, 4.69) is 5.32 Å². The first-order chi connectivity index (χ1) is 13.6. The molecule has 1 N–H and O–H groups in total. The highest BCUT2D eigenvalue weighted by Gasteiger charge is 2.16. The highest BCUT2D eigenvalue weighted by molar-refractivity contribution is 7.17. The molecule has 0 aliphatic heterocycles. The molecule has 0 saturated carbocycles. The predicted octanol–water partition coefficient (Wildman–Crippen LogP) is 5.52. The summed E-state index contributed by atoms with van der Waals surface area (Å²) < 4.78 is 16.6. The Kier molecular flexibility index (Phi) is 5.46. The van der Waals surface area contributed by atoms with E-state index in [1.165, 1.54) is 12.1 Å². The molecule has 2 aromatic carbocycles. The number of rotatable bonds is 6. The smallest absolute Gasteiger partial charge is 0.267 e. The highest BCUT2D eigenvalue weighted by atomic mass is 35.5. The van der Waals surface area contributed by atoms with Crippen molar-refractivity contribution in [2.24, 2.45) is 0 Å². The summed E-state index contributed by atoms with van der Waals surface area (Å²) in [7, 11) is 0. The van der Waals surface area contributed by atoms with Crippen LogP contribution in [0.5, 0.6) is 0 Å². The third-order valence-corrected chi connectivity index (χ3v) is 5.70. The minimum Gasteiger partial charge on any atom is -0.350 e. The van der Waals surface area contributed by atoms with E-state index in [4.69, 9.17) is 11.6 Å². The van der Waals surface area contributed by atoms with E-state index >= 15 is 0 Å². The number of hydrogen-bond acceptors (Lipinski definition) is 2. The molecule has 142 valence electrons. The maximum absolute atomic E-state index is 13.6. The van der Waals surface area contributed by atoms with Crippen molar-refractivity contribution in [2.75, 3.05) is 6.54 Å². The van der Waals surface area contributed by atoms with E-state index in [-0.39, 0.29) is 11.7 Å². The van der Waals surface area contributed by atoms with Gasteiger partial charge in [0.1, 0.15) is 11.5 Å². The van der Waals surface area contributed by atoms with Crippen LogP contribution in [0.25, 0.3) is 10.2 Å². The molecular weight excluding hydrogens is 395 g/mol. The molecule has 0 spiro atoms. The Hall–Kier alpha value is -2.63. The summed E-state index contributed by atoms with van der Waals surface area (Å²) in [5.41, 5.74) is 3.50. The molecule has 0 atom stereocenters. The van der Waals surface area contributed by atoms with Crippen LogP contribution in [0, 0.1) is 5.82 Å². The molecular formula is C22H18ClFN2OS. The van der Waals surface area contributed by atoms with Crippen molar-refractivity contribution in [3.05, 3.63) is 93.7 Å². The zero-order chi connectivity index (χ0) is 19.5. The lowest BCUT2D eigenvalue weighted by atomic mass is 10.1. The first-order valence-electron chi connectivity index (χ1n) is 8.94. The summed E-state index contributed by atoms with van der Waals surface area (Å²) in [6.07, 6.45) is 0.724. The molecule has 0 saturated heterocycles. The molecule has 0 unspecified atom stereocenters. The molecule has 0 aliphatic carbocycles. The zero-order valence-electron chi connectivity index (χ0n) is 15.0. The number of nitrogens with zero attached hydrogens (tertiary/aromatic N) is 1. The molecule has 0 bridgehead atoms. The normalized spacial score (nSPS) is 11.1. The quantitative estimate of drug-likeness (QED) is 0.444. The molecule has 2 aromatic heterocycles. The summed E-state index contributed by atoms with van der Waals surface area (Å²) in [4.78, 5) is 12.8.